The van der Waals surface area contributed by atoms with Crippen LogP contribution in [0.15, 0.2) is 48.5 Å². The molecule has 0 N–H and O–H groups in total. The van der Waals surface area contributed by atoms with Crippen molar-refractivity contribution >= 4 is 74.8 Å². The van der Waals surface area contributed by atoms with Crippen molar-refractivity contribution in [2.75, 3.05) is 13.1 Å². The highest BCUT2D eigenvalue weighted by atomic mass is 79.9. The van der Waals surface area contributed by atoms with E-state index in [1.165, 1.54) is 12.0 Å². The van der Waals surface area contributed by atoms with Crippen LogP contribution in [-0.4, -0.2) is 27.5 Å². The van der Waals surface area contributed by atoms with Crippen LogP contribution in [0.2, 0.25) is 0 Å². The van der Waals surface area contributed by atoms with E-state index in [0.717, 1.165) is 61.4 Å². The number of hydrogen-bond acceptors (Lipinski definition) is 2. The smallest absolute Gasteiger partial charge is 0.123 e. The van der Waals surface area contributed by atoms with Crippen molar-refractivity contribution in [1.29, 1.82) is 0 Å². The second-order valence-electron chi connectivity index (χ2n) is 6.99. The first-order chi connectivity index (χ1) is 13.5. The predicted octanol–water partition coefficient (Wildman–Crippen LogP) is 7.45. The third-order valence-corrected chi connectivity index (χ3v) is 10.0. The average Bonchev–Trinajstić information content (AvgIpc) is 3.33. The van der Waals surface area contributed by atoms with Crippen molar-refractivity contribution in [1.82, 2.24) is 14.5 Å². The third-order valence-electron chi connectivity index (χ3n) is 5.29. The Balaban J connectivity index is 1.47. The Hall–Kier alpha value is -0.280. The number of nitrogens with zero attached hydrogens (tertiary/aromatic N) is 3. The quantitative estimate of drug-likeness (QED) is 0.214. The summed E-state index contributed by atoms with van der Waals surface area (Å²) in [6.07, 6.45) is 5.26. The summed E-state index contributed by atoms with van der Waals surface area (Å²) in [5, 5.41) is 0. The average molecular weight is 639 g/mol. The van der Waals surface area contributed by atoms with Crippen molar-refractivity contribution in [2.45, 2.75) is 31.8 Å². The number of halogens is 5. The molecule has 1 atom stereocenters. The van der Waals surface area contributed by atoms with Crippen LogP contribution in [0.3, 0.4) is 0 Å². The van der Waals surface area contributed by atoms with Crippen LogP contribution in [0.5, 0.6) is 0 Å². The first kappa shape index (κ1) is 21.0. The number of likely N-dealkylation sites (tertiary alicyclic amines) is 1. The van der Waals surface area contributed by atoms with Crippen molar-refractivity contribution in [3.05, 3.63) is 59.9 Å². The molecular weight excluding hydrogens is 621 g/mol. The number of hydrogen-bond donors (Lipinski definition) is 0. The molecule has 1 aromatic heterocycles. The Kier molecular flexibility index (Phi) is 6.62. The maximum absolute atomic E-state index is 13.2. The summed E-state index contributed by atoms with van der Waals surface area (Å²) in [7, 11) is 0. The molecule has 2 aromatic carbocycles. The minimum absolute atomic E-state index is 0.171. The van der Waals surface area contributed by atoms with E-state index in [4.69, 9.17) is 0 Å². The summed E-state index contributed by atoms with van der Waals surface area (Å²) in [6.45, 7) is 3.00. The van der Waals surface area contributed by atoms with E-state index < -0.39 is 0 Å². The number of imidazole rings is 1. The summed E-state index contributed by atoms with van der Waals surface area (Å²) in [6, 6.07) is 7.37. The van der Waals surface area contributed by atoms with E-state index in [0.29, 0.717) is 6.04 Å². The van der Waals surface area contributed by atoms with Gasteiger partial charge in [-0.1, -0.05) is 12.1 Å². The van der Waals surface area contributed by atoms with Crippen LogP contribution in [0, 0.1) is 5.82 Å². The molecule has 0 radical (unpaired) electrons. The van der Waals surface area contributed by atoms with Crippen LogP contribution in [0.1, 0.15) is 30.9 Å². The zero-order valence-electron chi connectivity index (χ0n) is 14.9. The van der Waals surface area contributed by atoms with E-state index in [-0.39, 0.29) is 5.82 Å². The summed E-state index contributed by atoms with van der Waals surface area (Å²) in [5.74, 6) is -0.171. The van der Waals surface area contributed by atoms with Crippen LogP contribution < -0.4 is 0 Å². The Bertz CT molecular complexity index is 1000. The van der Waals surface area contributed by atoms with Crippen LogP contribution in [0.4, 0.5) is 4.39 Å². The largest absolute Gasteiger partial charge is 0.330 e. The minimum atomic E-state index is -0.171. The van der Waals surface area contributed by atoms with Gasteiger partial charge in [-0.2, -0.15) is 0 Å². The van der Waals surface area contributed by atoms with Crippen molar-refractivity contribution in [2.24, 2.45) is 0 Å². The zero-order valence-corrected chi connectivity index (χ0v) is 21.3. The summed E-state index contributed by atoms with van der Waals surface area (Å²) in [5.41, 5.74) is 3.23. The molecule has 4 rings (SSSR count). The highest BCUT2D eigenvalue weighted by Crippen LogP contribution is 2.43. The Morgan fingerprint density at radius 2 is 1.68 bits per heavy atom. The molecule has 1 unspecified atom stereocenters. The summed E-state index contributed by atoms with van der Waals surface area (Å²) < 4.78 is 19.3. The molecule has 2 heterocycles. The second-order valence-corrected chi connectivity index (χ2v) is 10.2. The molecule has 0 aliphatic carbocycles. The fourth-order valence-corrected chi connectivity index (χ4v) is 6.35. The van der Waals surface area contributed by atoms with E-state index in [9.17, 15) is 4.39 Å². The second kappa shape index (κ2) is 8.84. The summed E-state index contributed by atoms with van der Waals surface area (Å²) >= 11 is 14.6. The van der Waals surface area contributed by atoms with Gasteiger partial charge < -0.3 is 4.57 Å². The molecule has 3 aromatic rings. The highest BCUT2D eigenvalue weighted by molar-refractivity contribution is 9.15. The van der Waals surface area contributed by atoms with Gasteiger partial charge in [0.1, 0.15) is 11.3 Å². The molecule has 1 fully saturated rings. The van der Waals surface area contributed by atoms with Crippen molar-refractivity contribution in [3.63, 3.8) is 0 Å². The lowest BCUT2D eigenvalue weighted by Crippen LogP contribution is -2.25. The fourth-order valence-electron chi connectivity index (χ4n) is 3.94. The van der Waals surface area contributed by atoms with Gasteiger partial charge in [-0.15, -0.1) is 0 Å². The first-order valence-electron chi connectivity index (χ1n) is 9.13. The number of aryl methyl sites for hydroxylation is 1. The number of fused-ring (bicyclic) bond motifs is 1. The zero-order chi connectivity index (χ0) is 19.8. The van der Waals surface area contributed by atoms with Gasteiger partial charge in [0.2, 0.25) is 0 Å². The van der Waals surface area contributed by atoms with E-state index in [1.807, 2.05) is 18.5 Å². The summed E-state index contributed by atoms with van der Waals surface area (Å²) in [4.78, 5) is 7.11. The van der Waals surface area contributed by atoms with Gasteiger partial charge in [-0.25, -0.2) is 9.37 Å². The standard InChI is InChI=1S/C20H18Br4FN3/c21-15-16(22)18(24)20-19(17(15)23)26-11-28(20)10-2-9-27-8-1-3-14(27)12-4-6-13(25)7-5-12/h4-7,11,14H,1-3,8-10H2. The van der Waals surface area contributed by atoms with Crippen molar-refractivity contribution in [3.8, 4) is 0 Å². The molecule has 8 heteroatoms. The first-order valence-corrected chi connectivity index (χ1v) is 12.3. The number of rotatable bonds is 5. The molecule has 0 spiro atoms. The van der Waals surface area contributed by atoms with E-state index in [2.05, 4.69) is 78.2 Å². The Morgan fingerprint density at radius 1 is 0.964 bits per heavy atom. The van der Waals surface area contributed by atoms with Gasteiger partial charge in [-0.3, -0.25) is 4.90 Å². The maximum Gasteiger partial charge on any atom is 0.123 e. The van der Waals surface area contributed by atoms with Gasteiger partial charge in [0.25, 0.3) is 0 Å². The molecule has 0 bridgehead atoms. The lowest BCUT2D eigenvalue weighted by molar-refractivity contribution is 0.249. The van der Waals surface area contributed by atoms with Gasteiger partial charge in [0, 0.05) is 28.1 Å². The number of benzene rings is 2. The molecule has 1 aliphatic rings. The number of aromatic nitrogens is 2. The van der Waals surface area contributed by atoms with Gasteiger partial charge >= 0.3 is 0 Å². The van der Waals surface area contributed by atoms with Gasteiger partial charge in [0.05, 0.1) is 20.8 Å². The monoisotopic (exact) mass is 635 g/mol. The van der Waals surface area contributed by atoms with Crippen LogP contribution >= 0.6 is 63.7 Å². The lowest BCUT2D eigenvalue weighted by atomic mass is 10.0. The maximum atomic E-state index is 13.2. The molecule has 3 nitrogen and oxygen atoms in total. The molecule has 0 amide bonds. The Morgan fingerprint density at radius 3 is 2.43 bits per heavy atom. The van der Waals surface area contributed by atoms with Crippen LogP contribution in [-0.2, 0) is 6.54 Å². The molecule has 1 saturated heterocycles. The normalized spacial score (nSPS) is 17.7. The third kappa shape index (κ3) is 4.00. The molecule has 28 heavy (non-hydrogen) atoms. The molecule has 0 saturated carbocycles. The fraction of sp³-hybridized carbons (Fsp3) is 0.350. The molecular formula is C20H18Br4FN3. The lowest BCUT2D eigenvalue weighted by Gasteiger charge is -2.25. The predicted molar refractivity (Wildman–Crippen MR) is 125 cm³/mol. The highest BCUT2D eigenvalue weighted by Gasteiger charge is 2.25. The van der Waals surface area contributed by atoms with Crippen LogP contribution in [0.25, 0.3) is 11.0 Å². The minimum Gasteiger partial charge on any atom is -0.330 e. The topological polar surface area (TPSA) is 21.1 Å². The van der Waals surface area contributed by atoms with Gasteiger partial charge in [0.15, 0.2) is 0 Å². The molecule has 1 aliphatic heterocycles. The van der Waals surface area contributed by atoms with E-state index in [1.54, 1.807) is 12.1 Å². The van der Waals surface area contributed by atoms with Gasteiger partial charge in [-0.05, 0) is 107 Å². The Labute approximate surface area is 197 Å². The van der Waals surface area contributed by atoms with E-state index >= 15 is 0 Å². The van der Waals surface area contributed by atoms with Crippen molar-refractivity contribution < 1.29 is 4.39 Å². The SMILES string of the molecule is Fc1ccc(C2CCCN2CCCn2cnc3c(Br)c(Br)c(Br)c(Br)c32)cc1. The molecule has 148 valence electrons.